The highest BCUT2D eigenvalue weighted by Gasteiger charge is 2.14. The van der Waals surface area contributed by atoms with E-state index in [1.807, 2.05) is 42.5 Å². The zero-order valence-electron chi connectivity index (χ0n) is 10.2. The molecule has 2 aromatic carbocycles. The van der Waals surface area contributed by atoms with Gasteiger partial charge in [0.05, 0.1) is 10.6 Å². The molecule has 3 nitrogen and oxygen atoms in total. The summed E-state index contributed by atoms with van der Waals surface area (Å²) in [4.78, 5) is 0.641. The Kier molecular flexibility index (Phi) is 3.44. The van der Waals surface area contributed by atoms with E-state index >= 15 is 0 Å². The Morgan fingerprint density at radius 2 is 1.74 bits per heavy atom. The third-order valence-corrected chi connectivity index (χ3v) is 3.89. The summed E-state index contributed by atoms with van der Waals surface area (Å²) in [7, 11) is 0. The maximum Gasteiger partial charge on any atom is 0.212 e. The van der Waals surface area contributed by atoms with Crippen LogP contribution >= 0.6 is 0 Å². The normalized spacial score (nSPS) is 14.6. The quantitative estimate of drug-likeness (QED) is 0.869. The SMILES string of the molecule is O=S(ONC1=CCc2ccccc21)c1ccccc1. The number of hydroxylamine groups is 1. The number of nitrogens with one attached hydrogen (secondary N) is 1. The molecule has 0 spiro atoms. The van der Waals surface area contributed by atoms with Crippen LogP contribution in [0.25, 0.3) is 5.70 Å². The second kappa shape index (κ2) is 5.38. The summed E-state index contributed by atoms with van der Waals surface area (Å²) < 4.78 is 17.1. The molecule has 1 aliphatic carbocycles. The predicted molar refractivity (Wildman–Crippen MR) is 75.2 cm³/mol. The molecule has 0 bridgehead atoms. The first-order chi connectivity index (χ1) is 9.34. The van der Waals surface area contributed by atoms with E-state index in [0.717, 1.165) is 17.7 Å². The van der Waals surface area contributed by atoms with Crippen LogP contribution in [0.1, 0.15) is 11.1 Å². The van der Waals surface area contributed by atoms with Crippen LogP contribution in [0.15, 0.2) is 65.6 Å². The first-order valence-electron chi connectivity index (χ1n) is 6.03. The van der Waals surface area contributed by atoms with Gasteiger partial charge in [0.2, 0.25) is 11.1 Å². The van der Waals surface area contributed by atoms with Crippen molar-refractivity contribution >= 4 is 16.8 Å². The zero-order valence-corrected chi connectivity index (χ0v) is 11.0. The molecule has 1 N–H and O–H groups in total. The highest BCUT2D eigenvalue weighted by molar-refractivity contribution is 7.80. The average Bonchev–Trinajstić information content (AvgIpc) is 2.89. The van der Waals surface area contributed by atoms with E-state index < -0.39 is 11.1 Å². The topological polar surface area (TPSA) is 38.3 Å². The summed E-state index contributed by atoms with van der Waals surface area (Å²) in [5, 5.41) is 0. The van der Waals surface area contributed by atoms with Crippen molar-refractivity contribution in [2.45, 2.75) is 11.3 Å². The molecule has 0 radical (unpaired) electrons. The van der Waals surface area contributed by atoms with Gasteiger partial charge < -0.3 is 0 Å². The van der Waals surface area contributed by atoms with Crippen molar-refractivity contribution < 1.29 is 8.49 Å². The minimum Gasteiger partial charge on any atom is -0.251 e. The standard InChI is InChI=1S/C15H13NO2S/c17-19(13-7-2-1-3-8-13)18-16-15-11-10-12-6-4-5-9-14(12)15/h1-9,11,16H,10H2. The van der Waals surface area contributed by atoms with E-state index in [4.69, 9.17) is 4.28 Å². The Bertz CT molecular complexity index is 638. The Morgan fingerprint density at radius 1 is 1.00 bits per heavy atom. The van der Waals surface area contributed by atoms with Crippen LogP contribution in [0.3, 0.4) is 0 Å². The molecule has 1 atom stereocenters. The number of hydrogen-bond donors (Lipinski definition) is 1. The molecule has 0 aliphatic heterocycles. The van der Waals surface area contributed by atoms with Crippen LogP contribution < -0.4 is 5.48 Å². The lowest BCUT2D eigenvalue weighted by Crippen LogP contribution is -2.14. The highest BCUT2D eigenvalue weighted by atomic mass is 32.2. The smallest absolute Gasteiger partial charge is 0.212 e. The van der Waals surface area contributed by atoms with E-state index in [1.54, 1.807) is 12.1 Å². The van der Waals surface area contributed by atoms with Crippen molar-refractivity contribution in [2.24, 2.45) is 0 Å². The summed E-state index contributed by atoms with van der Waals surface area (Å²) in [6, 6.07) is 17.2. The lowest BCUT2D eigenvalue weighted by molar-refractivity contribution is 0.282. The number of rotatable bonds is 4. The largest absolute Gasteiger partial charge is 0.251 e. The van der Waals surface area contributed by atoms with Crippen molar-refractivity contribution in [1.29, 1.82) is 0 Å². The number of benzene rings is 2. The Morgan fingerprint density at radius 3 is 2.58 bits per heavy atom. The molecule has 4 heteroatoms. The molecule has 1 aliphatic rings. The van der Waals surface area contributed by atoms with Gasteiger partial charge in [-0.3, -0.25) is 5.48 Å². The molecular weight excluding hydrogens is 258 g/mol. The van der Waals surface area contributed by atoms with E-state index in [-0.39, 0.29) is 0 Å². The number of hydrogen-bond acceptors (Lipinski definition) is 3. The molecule has 1 unspecified atom stereocenters. The Hall–Kier alpha value is -1.91. The number of fused-ring (bicyclic) bond motifs is 1. The van der Waals surface area contributed by atoms with E-state index in [2.05, 4.69) is 11.5 Å². The van der Waals surface area contributed by atoms with E-state index in [1.165, 1.54) is 5.56 Å². The fourth-order valence-corrected chi connectivity index (χ4v) is 2.68. The average molecular weight is 271 g/mol. The van der Waals surface area contributed by atoms with Gasteiger partial charge in [-0.1, -0.05) is 48.5 Å². The van der Waals surface area contributed by atoms with Crippen LogP contribution in [0, 0.1) is 0 Å². The first kappa shape index (κ1) is 12.1. The minimum absolute atomic E-state index is 0.641. The van der Waals surface area contributed by atoms with Crippen LogP contribution in [-0.2, 0) is 21.8 Å². The lowest BCUT2D eigenvalue weighted by atomic mass is 10.1. The fraction of sp³-hybridized carbons (Fsp3) is 0.0667. The van der Waals surface area contributed by atoms with Gasteiger partial charge in [0.1, 0.15) is 0 Å². The van der Waals surface area contributed by atoms with Crippen LogP contribution in [-0.4, -0.2) is 4.21 Å². The maximum absolute atomic E-state index is 11.9. The third kappa shape index (κ3) is 2.59. The Labute approximate surface area is 114 Å². The van der Waals surface area contributed by atoms with Gasteiger partial charge in [0.25, 0.3) is 0 Å². The molecule has 19 heavy (non-hydrogen) atoms. The van der Waals surface area contributed by atoms with Crippen LogP contribution in [0.2, 0.25) is 0 Å². The minimum atomic E-state index is -1.51. The molecule has 0 heterocycles. The third-order valence-electron chi connectivity index (χ3n) is 3.00. The Balaban J connectivity index is 1.67. The molecule has 2 aromatic rings. The molecule has 0 saturated carbocycles. The molecule has 0 amide bonds. The monoisotopic (exact) mass is 271 g/mol. The van der Waals surface area contributed by atoms with Gasteiger partial charge in [-0.05, 0) is 24.1 Å². The fourth-order valence-electron chi connectivity index (χ4n) is 2.04. The van der Waals surface area contributed by atoms with E-state index in [0.29, 0.717) is 4.90 Å². The molecule has 3 rings (SSSR count). The molecular formula is C15H13NO2S. The van der Waals surface area contributed by atoms with Crippen molar-refractivity contribution in [3.05, 3.63) is 71.8 Å². The highest BCUT2D eigenvalue weighted by Crippen LogP contribution is 2.25. The molecule has 0 fully saturated rings. The lowest BCUT2D eigenvalue weighted by Gasteiger charge is -2.08. The summed E-state index contributed by atoms with van der Waals surface area (Å²) in [5.74, 6) is 0. The molecule has 96 valence electrons. The van der Waals surface area contributed by atoms with Crippen LogP contribution in [0.4, 0.5) is 0 Å². The zero-order chi connectivity index (χ0) is 13.1. The molecule has 0 saturated heterocycles. The van der Waals surface area contributed by atoms with Crippen LogP contribution in [0.5, 0.6) is 0 Å². The van der Waals surface area contributed by atoms with Gasteiger partial charge in [-0.2, -0.15) is 4.28 Å². The second-order valence-electron chi connectivity index (χ2n) is 4.21. The first-order valence-corrected chi connectivity index (χ1v) is 7.11. The van der Waals surface area contributed by atoms with Crippen molar-refractivity contribution in [1.82, 2.24) is 5.48 Å². The second-order valence-corrected chi connectivity index (χ2v) is 5.32. The van der Waals surface area contributed by atoms with Crippen molar-refractivity contribution in [3.63, 3.8) is 0 Å². The van der Waals surface area contributed by atoms with Gasteiger partial charge in [0, 0.05) is 5.56 Å². The summed E-state index contributed by atoms with van der Waals surface area (Å²) >= 11 is -1.51. The van der Waals surface area contributed by atoms with Gasteiger partial charge in [-0.15, -0.1) is 0 Å². The predicted octanol–water partition coefficient (Wildman–Crippen LogP) is 2.83. The summed E-state index contributed by atoms with van der Waals surface area (Å²) in [6.45, 7) is 0. The van der Waals surface area contributed by atoms with Gasteiger partial charge in [0.15, 0.2) is 0 Å². The maximum atomic E-state index is 11.9. The van der Waals surface area contributed by atoms with E-state index in [9.17, 15) is 4.21 Å². The van der Waals surface area contributed by atoms with Crippen molar-refractivity contribution in [2.75, 3.05) is 0 Å². The molecule has 0 aromatic heterocycles. The van der Waals surface area contributed by atoms with Gasteiger partial charge >= 0.3 is 0 Å². The summed E-state index contributed by atoms with van der Waals surface area (Å²) in [6.07, 6.45) is 2.91. The van der Waals surface area contributed by atoms with Gasteiger partial charge in [-0.25, -0.2) is 4.21 Å². The van der Waals surface area contributed by atoms with Crippen molar-refractivity contribution in [3.8, 4) is 0 Å². The number of allylic oxidation sites excluding steroid dienone is 1. The summed E-state index contributed by atoms with van der Waals surface area (Å²) in [5.41, 5.74) is 6.03.